The average molecular weight is 332 g/mol. The van der Waals surface area contributed by atoms with Gasteiger partial charge in [0, 0.05) is 12.5 Å². The fraction of sp³-hybridized carbons (Fsp3) is 0.867. The number of rotatable bonds is 5. The van der Waals surface area contributed by atoms with Crippen LogP contribution in [-0.4, -0.2) is 88.8 Å². The minimum atomic E-state index is -1.45. The number of fused-ring (bicyclic) bond motifs is 1. The van der Waals surface area contributed by atoms with Crippen molar-refractivity contribution in [3.05, 3.63) is 11.6 Å². The largest absolute Gasteiger partial charge is 0.394 e. The molecule has 0 saturated carbocycles. The fourth-order valence-corrected chi connectivity index (χ4v) is 3.64. The summed E-state index contributed by atoms with van der Waals surface area (Å²) in [6.07, 6.45) is -3.63. The molecule has 0 radical (unpaired) electrons. The zero-order valence-electron chi connectivity index (χ0n) is 12.7. The third kappa shape index (κ3) is 3.18. The number of hydrogen-bond acceptors (Lipinski definition) is 8. The van der Waals surface area contributed by atoms with E-state index in [0.717, 1.165) is 12.0 Å². The predicted octanol–water partition coefficient (Wildman–Crippen LogP) is -2.24. The average Bonchev–Trinajstić information content (AvgIpc) is 3.13. The van der Waals surface area contributed by atoms with Crippen molar-refractivity contribution in [1.29, 1.82) is 0 Å². The SMILES string of the molecule is OCC1=C[C@@H]2OCC[C@@H]2[C@@H]1CO[C@@H]1O[C@H](CO)[C@@H](O)[C@H](O)[C@H]1O. The molecule has 0 bridgehead atoms. The molecule has 3 aliphatic rings. The molecule has 23 heavy (non-hydrogen) atoms. The quantitative estimate of drug-likeness (QED) is 0.357. The Labute approximate surface area is 133 Å². The summed E-state index contributed by atoms with van der Waals surface area (Å²) >= 11 is 0. The van der Waals surface area contributed by atoms with Crippen molar-refractivity contribution in [1.82, 2.24) is 0 Å². The van der Waals surface area contributed by atoms with E-state index >= 15 is 0 Å². The highest BCUT2D eigenvalue weighted by molar-refractivity contribution is 5.21. The molecule has 1 aliphatic carbocycles. The summed E-state index contributed by atoms with van der Waals surface area (Å²) in [7, 11) is 0. The third-order valence-corrected chi connectivity index (χ3v) is 5.03. The zero-order chi connectivity index (χ0) is 16.6. The fourth-order valence-electron chi connectivity index (χ4n) is 3.64. The van der Waals surface area contributed by atoms with Gasteiger partial charge in [0.2, 0.25) is 0 Å². The Balaban J connectivity index is 1.62. The van der Waals surface area contributed by atoms with Gasteiger partial charge in [-0.2, -0.15) is 0 Å². The van der Waals surface area contributed by atoms with E-state index in [1.807, 2.05) is 6.08 Å². The topological polar surface area (TPSA) is 129 Å². The second-order valence-electron chi connectivity index (χ2n) is 6.32. The Morgan fingerprint density at radius 3 is 2.61 bits per heavy atom. The first-order valence-electron chi connectivity index (χ1n) is 7.92. The van der Waals surface area contributed by atoms with Crippen LogP contribution < -0.4 is 0 Å². The number of ether oxygens (including phenoxy) is 3. The molecular weight excluding hydrogens is 308 g/mol. The maximum absolute atomic E-state index is 9.98. The van der Waals surface area contributed by atoms with Gasteiger partial charge in [0.05, 0.1) is 25.9 Å². The maximum atomic E-state index is 9.98. The Kier molecular flexibility index (Phi) is 5.34. The summed E-state index contributed by atoms with van der Waals surface area (Å²) < 4.78 is 16.5. The molecule has 3 rings (SSSR count). The highest BCUT2D eigenvalue weighted by Crippen LogP contribution is 2.40. The lowest BCUT2D eigenvalue weighted by molar-refractivity contribution is -0.303. The van der Waals surface area contributed by atoms with Crippen molar-refractivity contribution in [3.63, 3.8) is 0 Å². The van der Waals surface area contributed by atoms with Crippen molar-refractivity contribution in [2.45, 2.75) is 43.2 Å². The summed E-state index contributed by atoms with van der Waals surface area (Å²) in [4.78, 5) is 0. The molecular formula is C15H24O8. The molecule has 0 aromatic heterocycles. The first-order chi connectivity index (χ1) is 11.1. The first kappa shape index (κ1) is 17.2. The van der Waals surface area contributed by atoms with E-state index in [4.69, 9.17) is 14.2 Å². The molecule has 0 spiro atoms. The van der Waals surface area contributed by atoms with Crippen LogP contribution in [0.5, 0.6) is 0 Å². The molecule has 8 heteroatoms. The minimum absolute atomic E-state index is 0.0134. The molecule has 0 aromatic rings. The van der Waals surface area contributed by atoms with Crippen LogP contribution >= 0.6 is 0 Å². The van der Waals surface area contributed by atoms with Gasteiger partial charge in [-0.1, -0.05) is 6.08 Å². The molecule has 5 N–H and O–H groups in total. The van der Waals surface area contributed by atoms with Crippen LogP contribution in [0.15, 0.2) is 11.6 Å². The van der Waals surface area contributed by atoms with Crippen LogP contribution in [0.4, 0.5) is 0 Å². The minimum Gasteiger partial charge on any atom is -0.394 e. The summed E-state index contributed by atoms with van der Waals surface area (Å²) in [5.74, 6) is 0.182. The van der Waals surface area contributed by atoms with Crippen molar-refractivity contribution in [2.24, 2.45) is 11.8 Å². The van der Waals surface area contributed by atoms with Crippen LogP contribution in [0.2, 0.25) is 0 Å². The molecule has 8 atom stereocenters. The van der Waals surface area contributed by atoms with E-state index in [2.05, 4.69) is 0 Å². The second kappa shape index (κ2) is 7.12. The summed E-state index contributed by atoms with van der Waals surface area (Å²) in [6.45, 7) is 0.286. The predicted molar refractivity (Wildman–Crippen MR) is 76.2 cm³/mol. The normalized spacial score (nSPS) is 46.7. The summed E-state index contributed by atoms with van der Waals surface area (Å²) in [5, 5.41) is 48.1. The lowest BCUT2D eigenvalue weighted by atomic mass is 9.89. The monoisotopic (exact) mass is 332 g/mol. The van der Waals surface area contributed by atoms with Gasteiger partial charge in [-0.15, -0.1) is 0 Å². The van der Waals surface area contributed by atoms with E-state index in [-0.39, 0.29) is 31.2 Å². The number of hydrogen-bond donors (Lipinski definition) is 5. The Hall–Kier alpha value is -0.580. The zero-order valence-corrected chi connectivity index (χ0v) is 12.7. The van der Waals surface area contributed by atoms with Gasteiger partial charge < -0.3 is 39.7 Å². The van der Waals surface area contributed by atoms with Gasteiger partial charge in [0.25, 0.3) is 0 Å². The number of aliphatic hydroxyl groups excluding tert-OH is 5. The molecule has 2 fully saturated rings. The molecule has 0 amide bonds. The van der Waals surface area contributed by atoms with Crippen molar-refractivity contribution >= 4 is 0 Å². The standard InChI is InChI=1S/C15H24O8/c16-4-7-3-10-8(1-2-21-10)9(7)6-22-15-14(20)13(19)12(18)11(5-17)23-15/h3,8-20H,1-2,4-6H2/t8-,9-,10+,11-,12-,13+,14-,15-/m1/s1. The van der Waals surface area contributed by atoms with Gasteiger partial charge in [-0.3, -0.25) is 0 Å². The third-order valence-electron chi connectivity index (χ3n) is 5.03. The van der Waals surface area contributed by atoms with E-state index < -0.39 is 37.3 Å². The van der Waals surface area contributed by atoms with Crippen LogP contribution in [0.25, 0.3) is 0 Å². The van der Waals surface area contributed by atoms with Crippen molar-refractivity contribution in [3.8, 4) is 0 Å². The Bertz CT molecular complexity index is 439. The Morgan fingerprint density at radius 2 is 1.91 bits per heavy atom. The smallest absolute Gasteiger partial charge is 0.186 e. The molecule has 0 unspecified atom stereocenters. The first-order valence-corrected chi connectivity index (χ1v) is 7.92. The van der Waals surface area contributed by atoms with E-state index in [1.165, 1.54) is 0 Å². The van der Waals surface area contributed by atoms with Crippen molar-refractivity contribution in [2.75, 3.05) is 26.4 Å². The van der Waals surface area contributed by atoms with Crippen LogP contribution in [-0.2, 0) is 14.2 Å². The maximum Gasteiger partial charge on any atom is 0.186 e. The lowest BCUT2D eigenvalue weighted by Gasteiger charge is -2.40. The lowest BCUT2D eigenvalue weighted by Crippen LogP contribution is -2.59. The van der Waals surface area contributed by atoms with Crippen LogP contribution in [0.1, 0.15) is 6.42 Å². The van der Waals surface area contributed by atoms with Crippen molar-refractivity contribution < 1.29 is 39.7 Å². The van der Waals surface area contributed by atoms with Crippen LogP contribution in [0, 0.1) is 11.8 Å². The number of aliphatic hydroxyl groups is 5. The molecule has 132 valence electrons. The summed E-state index contributed by atoms with van der Waals surface area (Å²) in [5.41, 5.74) is 0.837. The summed E-state index contributed by atoms with van der Waals surface area (Å²) in [6, 6.07) is 0. The van der Waals surface area contributed by atoms with E-state index in [1.54, 1.807) is 0 Å². The molecule has 8 nitrogen and oxygen atoms in total. The van der Waals surface area contributed by atoms with Gasteiger partial charge in [0.1, 0.15) is 24.4 Å². The molecule has 0 aromatic carbocycles. The Morgan fingerprint density at radius 1 is 1.13 bits per heavy atom. The van der Waals surface area contributed by atoms with E-state index in [9.17, 15) is 25.5 Å². The van der Waals surface area contributed by atoms with Gasteiger partial charge in [0.15, 0.2) is 6.29 Å². The molecule has 2 saturated heterocycles. The molecule has 2 heterocycles. The van der Waals surface area contributed by atoms with Gasteiger partial charge in [-0.25, -0.2) is 0 Å². The van der Waals surface area contributed by atoms with Gasteiger partial charge in [-0.05, 0) is 17.9 Å². The van der Waals surface area contributed by atoms with E-state index in [0.29, 0.717) is 6.61 Å². The highest BCUT2D eigenvalue weighted by Gasteiger charge is 2.46. The highest BCUT2D eigenvalue weighted by atomic mass is 16.7. The van der Waals surface area contributed by atoms with Crippen LogP contribution in [0.3, 0.4) is 0 Å². The second-order valence-corrected chi connectivity index (χ2v) is 6.32. The van der Waals surface area contributed by atoms with Gasteiger partial charge >= 0.3 is 0 Å². The molecule has 2 aliphatic heterocycles.